The number of hydrogen-bond acceptors (Lipinski definition) is 27. The molecule has 6 saturated heterocycles. The van der Waals surface area contributed by atoms with Crippen molar-refractivity contribution in [2.24, 2.45) is 0 Å². The molecule has 10 N–H and O–H groups in total. The van der Waals surface area contributed by atoms with Crippen LogP contribution in [0.4, 0.5) is 17.5 Å². The number of imidazole rings is 3. The van der Waals surface area contributed by atoms with Gasteiger partial charge in [-0.3, -0.25) is 40.9 Å². The van der Waals surface area contributed by atoms with E-state index in [1.165, 1.54) is 41.1 Å². The van der Waals surface area contributed by atoms with Crippen molar-refractivity contribution in [3.05, 3.63) is 34.8 Å². The number of fused-ring (bicyclic) bond motifs is 6. The monoisotopic (exact) mass is 1260 g/mol. The Morgan fingerprint density at radius 3 is 1.61 bits per heavy atom. The van der Waals surface area contributed by atoms with E-state index in [1.54, 1.807) is 4.57 Å². The number of halogens is 2. The van der Waals surface area contributed by atoms with Gasteiger partial charge in [0.15, 0.2) is 81.9 Å². The summed E-state index contributed by atoms with van der Waals surface area (Å²) in [5.74, 6) is 0.654. The summed E-state index contributed by atoms with van der Waals surface area (Å²) in [5.41, 5.74) is 19.9. The quantitative estimate of drug-likeness (QED) is 0.0741. The van der Waals surface area contributed by atoms with E-state index >= 15 is 0 Å². The van der Waals surface area contributed by atoms with Crippen LogP contribution in [-0.4, -0.2) is 168 Å². The number of nitrogens with zero attached hydrogens (tertiary/aromatic N) is 12. The number of nitrogen functional groups attached to an aromatic ring is 3. The lowest BCUT2D eigenvalue weighted by atomic mass is 10.1. The van der Waals surface area contributed by atoms with Gasteiger partial charge in [0, 0.05) is 6.66 Å². The summed E-state index contributed by atoms with van der Waals surface area (Å²) in [6.45, 7) is 12.1. The number of phosphoric acid groups is 2. The molecule has 0 aliphatic carbocycles. The lowest BCUT2D eigenvalue weighted by Gasteiger charge is -2.41. The molecule has 6 aliphatic heterocycles. The summed E-state index contributed by atoms with van der Waals surface area (Å²) in [6.07, 6.45) is -4.43. The molecule has 0 radical (unpaired) electrons. The summed E-state index contributed by atoms with van der Waals surface area (Å²) in [4.78, 5) is 55.7. The highest BCUT2D eigenvalue weighted by molar-refractivity contribution is 9.10. The molecule has 0 amide bonds. The largest absolute Gasteiger partial charge is 0.472 e. The summed E-state index contributed by atoms with van der Waals surface area (Å²) in [5, 5.41) is 20.8. The van der Waals surface area contributed by atoms with Crippen molar-refractivity contribution >= 4 is 114 Å². The second-order valence-electron chi connectivity index (χ2n) is 19.3. The zero-order chi connectivity index (χ0) is 53.9. The molecule has 15 atom stereocenters. The number of aromatic nitrogens is 12. The van der Waals surface area contributed by atoms with E-state index in [9.17, 15) is 33.7 Å². The van der Waals surface area contributed by atoms with Crippen molar-refractivity contribution < 1.29 is 79.5 Å². The second kappa shape index (κ2) is 19.9. The first-order valence-electron chi connectivity index (χ1n) is 22.6. The maximum atomic E-state index is 12.6. The fraction of sp³-hybridized carbons (Fsp3) is 0.595. The molecule has 75 heavy (non-hydrogen) atoms. The Hall–Kier alpha value is -3.64. The van der Waals surface area contributed by atoms with Crippen molar-refractivity contribution in [3.8, 4) is 0 Å². The molecule has 0 spiro atoms. The Labute approximate surface area is 441 Å². The molecule has 0 aromatic carbocycles. The van der Waals surface area contributed by atoms with Crippen LogP contribution >= 0.6 is 55.1 Å². The van der Waals surface area contributed by atoms with Gasteiger partial charge in [0.25, 0.3) is 0 Å². The number of aliphatic hydroxyl groups is 2. The molecule has 6 aliphatic rings. The van der Waals surface area contributed by atoms with Gasteiger partial charge in [0.1, 0.15) is 79.4 Å². The molecule has 0 saturated carbocycles. The molecule has 12 rings (SSSR count). The van der Waals surface area contributed by atoms with Crippen LogP contribution in [-0.2, 0) is 59.5 Å². The van der Waals surface area contributed by atoms with Crippen molar-refractivity contribution in [2.45, 2.75) is 113 Å². The van der Waals surface area contributed by atoms with Crippen LogP contribution in [0.5, 0.6) is 0 Å². The van der Waals surface area contributed by atoms with Gasteiger partial charge < -0.3 is 60.4 Å². The highest BCUT2D eigenvalue weighted by atomic mass is 79.9. The zero-order valence-electron chi connectivity index (χ0n) is 40.2. The number of aliphatic hydroxyl groups excluding tert-OH is 2. The lowest BCUT2D eigenvalue weighted by Crippen LogP contribution is -2.50. The highest BCUT2D eigenvalue weighted by Gasteiger charge is 2.57. The Morgan fingerprint density at radius 2 is 1.08 bits per heavy atom. The van der Waals surface area contributed by atoms with E-state index < -0.39 is 105 Å². The maximum Gasteiger partial charge on any atom is 0.472 e. The van der Waals surface area contributed by atoms with Crippen molar-refractivity contribution in [1.82, 2.24) is 58.6 Å². The van der Waals surface area contributed by atoms with E-state index in [1.807, 2.05) is 0 Å². The van der Waals surface area contributed by atoms with Crippen molar-refractivity contribution in [3.63, 3.8) is 0 Å². The molecule has 0 bridgehead atoms. The van der Waals surface area contributed by atoms with Crippen molar-refractivity contribution in [1.29, 1.82) is 0 Å². The molecular weight excluding hydrogens is 1210 g/mol. The van der Waals surface area contributed by atoms with E-state index in [4.69, 9.17) is 58.5 Å². The van der Waals surface area contributed by atoms with Gasteiger partial charge in [0.2, 0.25) is 0 Å². The Balaban J connectivity index is 0.000000130. The fourth-order valence-corrected chi connectivity index (χ4v) is 14.2. The van der Waals surface area contributed by atoms with Crippen LogP contribution in [0.15, 0.2) is 34.8 Å². The Kier molecular flexibility index (Phi) is 14.5. The van der Waals surface area contributed by atoms with E-state index in [-0.39, 0.29) is 42.3 Å². The summed E-state index contributed by atoms with van der Waals surface area (Å²) < 4.78 is 96.0. The smallest absolute Gasteiger partial charge is 0.407 e. The molecule has 38 heteroatoms. The van der Waals surface area contributed by atoms with Gasteiger partial charge in [-0.05, 0) is 50.0 Å². The van der Waals surface area contributed by atoms with Crippen molar-refractivity contribution in [2.75, 3.05) is 43.7 Å². The first-order chi connectivity index (χ1) is 35.1. The van der Waals surface area contributed by atoms with Crippen LogP contribution in [0.3, 0.4) is 0 Å². The van der Waals surface area contributed by atoms with Gasteiger partial charge in [-0.1, -0.05) is 20.8 Å². The van der Waals surface area contributed by atoms with Crippen LogP contribution in [0.1, 0.15) is 39.5 Å². The first kappa shape index (κ1) is 54.7. The Bertz CT molecular complexity index is 3320. The minimum absolute atomic E-state index is 0.0441. The highest BCUT2D eigenvalue weighted by Crippen LogP contribution is 2.56. The molecule has 32 nitrogen and oxygen atoms in total. The summed E-state index contributed by atoms with van der Waals surface area (Å²) >= 11 is 6.76. The molecule has 6 aromatic rings. The fourth-order valence-electron chi connectivity index (χ4n) is 8.70. The van der Waals surface area contributed by atoms with Crippen LogP contribution in [0, 0.1) is 0 Å². The zero-order valence-corrected chi connectivity index (χ0v) is 47.0. The predicted octanol–water partition coefficient (Wildman–Crippen LogP) is 2.82. The van der Waals surface area contributed by atoms with Crippen LogP contribution in [0.2, 0.25) is 18.1 Å². The minimum Gasteiger partial charge on any atom is -0.407 e. The average Bonchev–Trinajstić information content (AvgIpc) is 4.18. The third-order valence-electron chi connectivity index (χ3n) is 13.3. The number of anilines is 3. The van der Waals surface area contributed by atoms with E-state index in [0.29, 0.717) is 43.0 Å². The molecule has 8 unspecified atom stereocenters. The number of ether oxygens (including phenoxy) is 3. The predicted molar refractivity (Wildman–Crippen MR) is 266 cm³/mol. The number of phosphoric ester groups is 2. The molecule has 6 aromatic heterocycles. The first-order valence-corrected chi connectivity index (χ1v) is 32.0. The third kappa shape index (κ3) is 10.3. The van der Waals surface area contributed by atoms with Gasteiger partial charge in [-0.15, -0.1) is 0 Å². The number of rotatable bonds is 5. The third-order valence-corrected chi connectivity index (χ3v) is 22.1. The Morgan fingerprint density at radius 1 is 0.640 bits per heavy atom. The van der Waals surface area contributed by atoms with E-state index in [0.717, 1.165) is 0 Å². The summed E-state index contributed by atoms with van der Waals surface area (Å²) in [6, 6.07) is 0. The average molecular weight is 1260 g/mol. The topological polar surface area (TPSA) is 433 Å². The molecule has 408 valence electrons. The van der Waals surface area contributed by atoms with Gasteiger partial charge in [-0.25, -0.2) is 54.0 Å². The van der Waals surface area contributed by atoms with Gasteiger partial charge in [-0.2, -0.15) is 0 Å². The minimum atomic E-state index is -4.19. The normalized spacial score (nSPS) is 35.6. The lowest BCUT2D eigenvalue weighted by molar-refractivity contribution is -0.0670. The molecular formula is C37H50Br2N15O17P3Si. The van der Waals surface area contributed by atoms with Crippen LogP contribution < -0.4 is 17.2 Å². The standard InChI is InChI=1S/C17H27BrN5O5PSi.C10H11BrN5O6P.C10H12N5O6P/c1-17(2,3)30(5,6)28-12-11-9(7-25-29(4,24)27-11)26-15(12)23-14-10(22-16(23)18)13(19)20-8-21-14;11-10-15-4-7(12)13-2-14-8(4)16(10)9-5(17)6-3(21-9)1-20-23(18,19)22-6;11-8-5-9(13-2-12-8)15(3-14-5)10-6(16)7-4(20-10)1-19-22(17,18)21-7/h8-9,11-12,15H,7H2,1-6H3,(H2,19,20,21);2-3,5-6,9,17H,1H2,(H,18,19)(H2,12,13,14);2-4,6-7,10,16H,1H2,(H,17,18)(H2,11,12,13)/t9?,11-,12+,15?,29+;3?,5-,6+,9?;4?,6-,7+,10?/m100/s1. The van der Waals surface area contributed by atoms with Crippen LogP contribution in [0.25, 0.3) is 33.5 Å². The number of nitrogens with two attached hydrogens (primary N) is 3. The molecule has 12 heterocycles. The summed E-state index contributed by atoms with van der Waals surface area (Å²) in [7, 11) is -13.8. The SMILES string of the molecule is CC(C)(C)[Si](C)(C)O[C@@H]1C(n2c(Br)nc3c(N)ncnc32)OC2CO[P@](C)(=O)O[C@H]21.Nc1ncnc2c1nc(Br)n2C1OC2COP(=O)(O)O[C@H]2[C@@H]1O.Nc1ncnc2c1ncn2C1OC2COP(=O)(O)O[C@H]2[C@@H]1O. The second-order valence-corrected chi connectivity index (χ2v) is 30.3. The van der Waals surface area contributed by atoms with E-state index in [2.05, 4.69) is 115 Å². The van der Waals surface area contributed by atoms with Gasteiger partial charge in [0.05, 0.1) is 26.1 Å². The molecule has 6 fully saturated rings. The number of hydrogen-bond donors (Lipinski definition) is 7. The maximum absolute atomic E-state index is 12.6. The van der Waals surface area contributed by atoms with Gasteiger partial charge >= 0.3 is 23.2 Å².